The number of carbonyl (C=O) groups excluding carboxylic acids is 1. The van der Waals surface area contributed by atoms with Gasteiger partial charge in [-0.3, -0.25) is 9.69 Å². The summed E-state index contributed by atoms with van der Waals surface area (Å²) in [5, 5.41) is 0. The van der Waals surface area contributed by atoms with E-state index in [2.05, 4.69) is 14.9 Å². The van der Waals surface area contributed by atoms with Crippen LogP contribution in [-0.2, 0) is 16.1 Å². The Hall–Kier alpha value is -1.53. The highest BCUT2D eigenvalue weighted by molar-refractivity contribution is 5.81. The summed E-state index contributed by atoms with van der Waals surface area (Å²) in [7, 11) is 0. The molecule has 1 amide bonds. The van der Waals surface area contributed by atoms with Gasteiger partial charge in [-0.25, -0.2) is 9.97 Å². The Morgan fingerprint density at radius 3 is 3.25 bits per heavy atom. The van der Waals surface area contributed by atoms with Gasteiger partial charge in [0.05, 0.1) is 18.3 Å². The molecule has 3 saturated heterocycles. The van der Waals surface area contributed by atoms with E-state index in [0.717, 1.165) is 37.6 Å². The molecule has 0 unspecified atom stereocenters. The van der Waals surface area contributed by atoms with Crippen LogP contribution in [0.4, 0.5) is 0 Å². The number of amides is 1. The normalized spacial score (nSPS) is 32.8. The van der Waals surface area contributed by atoms with E-state index in [9.17, 15) is 4.79 Å². The molecule has 0 N–H and O–H groups in total. The molecule has 20 heavy (non-hydrogen) atoms. The Morgan fingerprint density at radius 2 is 2.40 bits per heavy atom. The number of nitrogens with zero attached hydrogens (tertiary/aromatic N) is 4. The fraction of sp³-hybridized carbons (Fsp3) is 0.643. The lowest BCUT2D eigenvalue weighted by molar-refractivity contribution is -0.136. The van der Waals surface area contributed by atoms with E-state index in [1.165, 1.54) is 0 Å². The van der Waals surface area contributed by atoms with Crippen molar-refractivity contribution < 1.29 is 9.53 Å². The molecule has 0 aliphatic carbocycles. The highest BCUT2D eigenvalue weighted by atomic mass is 16.5. The second kappa shape index (κ2) is 4.23. The first kappa shape index (κ1) is 12.2. The molecule has 6 heteroatoms. The fourth-order valence-electron chi connectivity index (χ4n) is 3.87. The number of carbonyl (C=O) groups is 1. The maximum atomic E-state index is 12.1. The minimum Gasteiger partial charge on any atom is -0.352 e. The molecule has 0 bridgehead atoms. The van der Waals surface area contributed by atoms with Crippen LogP contribution in [0.2, 0.25) is 0 Å². The SMILES string of the molecule is Cc1nccc(CN2CC[C@@]34OCCN3C(=O)C[C@@H]24)n1. The molecule has 4 heterocycles. The first-order valence-corrected chi connectivity index (χ1v) is 7.16. The number of hydrogen-bond donors (Lipinski definition) is 0. The van der Waals surface area contributed by atoms with E-state index < -0.39 is 0 Å². The molecule has 4 rings (SSSR count). The third-order valence-corrected chi connectivity index (χ3v) is 4.71. The van der Waals surface area contributed by atoms with Gasteiger partial charge in [0.2, 0.25) is 5.91 Å². The highest BCUT2D eigenvalue weighted by Gasteiger charge is 2.61. The summed E-state index contributed by atoms with van der Waals surface area (Å²) < 4.78 is 5.98. The molecule has 1 aromatic rings. The lowest BCUT2D eigenvalue weighted by atomic mass is 10.1. The fourth-order valence-corrected chi connectivity index (χ4v) is 3.87. The third kappa shape index (κ3) is 1.61. The molecular weight excluding hydrogens is 256 g/mol. The average Bonchev–Trinajstić information content (AvgIpc) is 3.04. The summed E-state index contributed by atoms with van der Waals surface area (Å²) in [6.07, 6.45) is 3.28. The number of likely N-dealkylation sites (tertiary alicyclic amines) is 1. The molecule has 3 fully saturated rings. The molecule has 0 aromatic carbocycles. The number of rotatable bonds is 2. The predicted molar refractivity (Wildman–Crippen MR) is 70.6 cm³/mol. The second-order valence-corrected chi connectivity index (χ2v) is 5.77. The lowest BCUT2D eigenvalue weighted by Gasteiger charge is -2.31. The molecule has 6 nitrogen and oxygen atoms in total. The summed E-state index contributed by atoms with van der Waals surface area (Å²) in [5.41, 5.74) is 0.664. The molecule has 3 aliphatic heterocycles. The highest BCUT2D eigenvalue weighted by Crippen LogP contribution is 2.45. The summed E-state index contributed by atoms with van der Waals surface area (Å²) in [6.45, 7) is 5.03. The van der Waals surface area contributed by atoms with Crippen molar-refractivity contribution in [2.24, 2.45) is 0 Å². The summed E-state index contributed by atoms with van der Waals surface area (Å²) in [6, 6.07) is 2.12. The van der Waals surface area contributed by atoms with E-state index in [0.29, 0.717) is 13.0 Å². The zero-order valence-corrected chi connectivity index (χ0v) is 11.6. The van der Waals surface area contributed by atoms with Gasteiger partial charge < -0.3 is 9.64 Å². The third-order valence-electron chi connectivity index (χ3n) is 4.71. The van der Waals surface area contributed by atoms with Gasteiger partial charge in [-0.2, -0.15) is 0 Å². The molecule has 0 radical (unpaired) electrons. The van der Waals surface area contributed by atoms with Crippen LogP contribution < -0.4 is 0 Å². The van der Waals surface area contributed by atoms with Crippen molar-refractivity contribution in [3.63, 3.8) is 0 Å². The summed E-state index contributed by atoms with van der Waals surface area (Å²) in [4.78, 5) is 25.0. The van der Waals surface area contributed by atoms with Gasteiger partial charge in [0.1, 0.15) is 5.82 Å². The lowest BCUT2D eigenvalue weighted by Crippen LogP contribution is -2.47. The number of ether oxygens (including phenoxy) is 1. The quantitative estimate of drug-likeness (QED) is 0.777. The Balaban J connectivity index is 1.58. The minimum atomic E-state index is -0.348. The van der Waals surface area contributed by atoms with Crippen molar-refractivity contribution >= 4 is 5.91 Å². The van der Waals surface area contributed by atoms with Gasteiger partial charge >= 0.3 is 0 Å². The van der Waals surface area contributed by atoms with E-state index >= 15 is 0 Å². The van der Waals surface area contributed by atoms with Crippen molar-refractivity contribution in [2.45, 2.75) is 38.1 Å². The molecule has 0 saturated carbocycles. The zero-order valence-electron chi connectivity index (χ0n) is 11.6. The Labute approximate surface area is 117 Å². The van der Waals surface area contributed by atoms with Crippen molar-refractivity contribution in [3.05, 3.63) is 23.8 Å². The van der Waals surface area contributed by atoms with Crippen LogP contribution in [0.5, 0.6) is 0 Å². The Kier molecular flexibility index (Phi) is 2.59. The van der Waals surface area contributed by atoms with E-state index in [1.807, 2.05) is 17.9 Å². The molecule has 2 atom stereocenters. The van der Waals surface area contributed by atoms with Crippen LogP contribution in [0, 0.1) is 6.92 Å². The largest absolute Gasteiger partial charge is 0.352 e. The summed E-state index contributed by atoms with van der Waals surface area (Å²) >= 11 is 0. The first-order valence-electron chi connectivity index (χ1n) is 7.16. The molecule has 1 aromatic heterocycles. The molecular formula is C14H18N4O2. The standard InChI is InChI=1S/C14H18N4O2/c1-10-15-4-2-11(16-10)9-17-5-3-14-12(17)8-13(19)18(14)6-7-20-14/h2,4,12H,3,5-9H2,1H3/t12-,14+/m1/s1. The first-order chi connectivity index (χ1) is 9.69. The molecule has 1 spiro atoms. The maximum absolute atomic E-state index is 12.1. The van der Waals surface area contributed by atoms with Gasteiger partial charge in [-0.1, -0.05) is 0 Å². The van der Waals surface area contributed by atoms with Crippen LogP contribution in [0.3, 0.4) is 0 Å². The van der Waals surface area contributed by atoms with Gasteiger partial charge in [0.25, 0.3) is 0 Å². The van der Waals surface area contributed by atoms with Crippen molar-refractivity contribution in [3.8, 4) is 0 Å². The van der Waals surface area contributed by atoms with Crippen LogP contribution in [0.1, 0.15) is 24.4 Å². The minimum absolute atomic E-state index is 0.174. The van der Waals surface area contributed by atoms with Gasteiger partial charge in [-0.05, 0) is 13.0 Å². The van der Waals surface area contributed by atoms with E-state index in [4.69, 9.17) is 4.74 Å². The molecule has 106 valence electrons. The van der Waals surface area contributed by atoms with Crippen molar-refractivity contribution in [1.29, 1.82) is 0 Å². The second-order valence-electron chi connectivity index (χ2n) is 5.77. The van der Waals surface area contributed by atoms with Crippen LogP contribution in [0.25, 0.3) is 0 Å². The van der Waals surface area contributed by atoms with Crippen molar-refractivity contribution in [2.75, 3.05) is 19.7 Å². The van der Waals surface area contributed by atoms with Crippen LogP contribution >= 0.6 is 0 Å². The van der Waals surface area contributed by atoms with Gasteiger partial charge in [-0.15, -0.1) is 0 Å². The molecule has 3 aliphatic rings. The van der Waals surface area contributed by atoms with Crippen molar-refractivity contribution in [1.82, 2.24) is 19.8 Å². The maximum Gasteiger partial charge on any atom is 0.226 e. The van der Waals surface area contributed by atoms with Crippen LogP contribution in [0.15, 0.2) is 12.3 Å². The van der Waals surface area contributed by atoms with E-state index in [-0.39, 0.29) is 17.7 Å². The zero-order chi connectivity index (χ0) is 13.7. The smallest absolute Gasteiger partial charge is 0.226 e. The predicted octanol–water partition coefficient (Wildman–Crippen LogP) is 0.318. The number of aryl methyl sites for hydroxylation is 1. The topological polar surface area (TPSA) is 58.6 Å². The van der Waals surface area contributed by atoms with Gasteiger partial charge in [0, 0.05) is 38.7 Å². The number of hydrogen-bond acceptors (Lipinski definition) is 5. The Morgan fingerprint density at radius 1 is 1.50 bits per heavy atom. The number of aromatic nitrogens is 2. The Bertz CT molecular complexity index is 564. The van der Waals surface area contributed by atoms with E-state index in [1.54, 1.807) is 6.20 Å². The summed E-state index contributed by atoms with van der Waals surface area (Å²) in [5.74, 6) is 1.02. The monoisotopic (exact) mass is 274 g/mol. The van der Waals surface area contributed by atoms with Gasteiger partial charge in [0.15, 0.2) is 5.72 Å². The van der Waals surface area contributed by atoms with Crippen LogP contribution in [-0.4, -0.2) is 57.1 Å². The average molecular weight is 274 g/mol.